The third-order valence-electron chi connectivity index (χ3n) is 3.15. The highest BCUT2D eigenvalue weighted by Crippen LogP contribution is 2.09. The lowest BCUT2D eigenvalue weighted by Gasteiger charge is -2.09. The minimum absolute atomic E-state index is 0.0971. The molecular weight excluding hydrogens is 288 g/mol. The zero-order valence-electron chi connectivity index (χ0n) is 12.6. The Hall–Kier alpha value is -3.28. The average Bonchev–Trinajstić information content (AvgIpc) is 3.09. The number of rotatable bonds is 3. The molecule has 0 aromatic carbocycles. The Morgan fingerprint density at radius 3 is 2.65 bits per heavy atom. The first-order chi connectivity index (χ1) is 11.2. The predicted octanol–water partition coefficient (Wildman–Crippen LogP) is 3.00. The number of aromatic nitrogens is 3. The Morgan fingerprint density at radius 1 is 1.13 bits per heavy atom. The van der Waals surface area contributed by atoms with Crippen LogP contribution >= 0.6 is 0 Å². The number of pyridine rings is 2. The molecule has 0 spiro atoms. The molecule has 0 amide bonds. The molecule has 0 aliphatic rings. The largest absolute Gasteiger partial charge is 0.359 e. The normalized spacial score (nSPS) is 11.3. The number of amidine groups is 2. The van der Waals surface area contributed by atoms with Crippen molar-refractivity contribution < 1.29 is 0 Å². The van der Waals surface area contributed by atoms with Gasteiger partial charge in [-0.15, -0.1) is 0 Å². The molecule has 0 aliphatic carbocycles. The summed E-state index contributed by atoms with van der Waals surface area (Å²) in [6, 6.07) is 13.0. The third kappa shape index (κ3) is 3.68. The summed E-state index contributed by atoms with van der Waals surface area (Å²) in [6.07, 6.45) is 5.21. The molecule has 6 heteroatoms. The van der Waals surface area contributed by atoms with Crippen molar-refractivity contribution in [3.05, 3.63) is 78.1 Å². The Labute approximate surface area is 133 Å². The van der Waals surface area contributed by atoms with Gasteiger partial charge in [-0.3, -0.25) is 10.4 Å². The van der Waals surface area contributed by atoms with E-state index in [4.69, 9.17) is 5.41 Å². The Bertz CT molecular complexity index is 821. The van der Waals surface area contributed by atoms with Crippen LogP contribution in [-0.4, -0.2) is 26.6 Å². The zero-order valence-corrected chi connectivity index (χ0v) is 12.6. The molecule has 0 aliphatic heterocycles. The molecule has 0 saturated carbocycles. The zero-order chi connectivity index (χ0) is 16.1. The SMILES string of the molecule is Cc1cccc(C(=N)/N=C(/Nc2ccncc2)c2ccc[nH]2)n1. The molecule has 0 radical (unpaired) electrons. The minimum atomic E-state index is 0.0971. The highest BCUT2D eigenvalue weighted by Gasteiger charge is 2.09. The number of aromatic amines is 1. The lowest BCUT2D eigenvalue weighted by atomic mass is 10.3. The van der Waals surface area contributed by atoms with Crippen LogP contribution in [0.5, 0.6) is 0 Å². The lowest BCUT2D eigenvalue weighted by Crippen LogP contribution is -2.17. The standard InChI is InChI=1S/C17H16N6/c1-12-4-2-5-14(21-12)16(18)23-17(15-6-3-9-20-15)22-13-7-10-19-11-8-13/h2-11,20H,1H3,(H2,18,19,22,23). The van der Waals surface area contributed by atoms with Crippen molar-refractivity contribution in [2.45, 2.75) is 6.92 Å². The molecule has 0 fully saturated rings. The number of hydrogen-bond acceptors (Lipinski definition) is 3. The quantitative estimate of drug-likeness (QED) is 0.513. The van der Waals surface area contributed by atoms with Crippen molar-refractivity contribution in [3.63, 3.8) is 0 Å². The van der Waals surface area contributed by atoms with Crippen LogP contribution in [0.2, 0.25) is 0 Å². The van der Waals surface area contributed by atoms with E-state index in [1.807, 2.05) is 49.5 Å². The van der Waals surface area contributed by atoms with E-state index in [9.17, 15) is 0 Å². The lowest BCUT2D eigenvalue weighted by molar-refractivity contribution is 1.16. The monoisotopic (exact) mass is 304 g/mol. The Kier molecular flexibility index (Phi) is 4.24. The van der Waals surface area contributed by atoms with E-state index in [1.165, 1.54) is 0 Å². The first-order valence-electron chi connectivity index (χ1n) is 7.14. The fourth-order valence-corrected chi connectivity index (χ4v) is 2.05. The van der Waals surface area contributed by atoms with E-state index in [0.717, 1.165) is 17.1 Å². The van der Waals surface area contributed by atoms with Crippen molar-refractivity contribution in [2.75, 3.05) is 5.32 Å². The van der Waals surface area contributed by atoms with E-state index < -0.39 is 0 Å². The van der Waals surface area contributed by atoms with Crippen molar-refractivity contribution >= 4 is 17.4 Å². The van der Waals surface area contributed by atoms with Gasteiger partial charge in [-0.1, -0.05) is 6.07 Å². The summed E-state index contributed by atoms with van der Waals surface area (Å²) < 4.78 is 0. The summed E-state index contributed by atoms with van der Waals surface area (Å²) in [7, 11) is 0. The molecule has 114 valence electrons. The van der Waals surface area contributed by atoms with Crippen molar-refractivity contribution in [3.8, 4) is 0 Å². The number of nitrogens with one attached hydrogen (secondary N) is 3. The van der Waals surface area contributed by atoms with Crippen molar-refractivity contribution in [2.24, 2.45) is 4.99 Å². The number of anilines is 1. The molecule has 3 heterocycles. The van der Waals surface area contributed by atoms with Crippen LogP contribution in [0.25, 0.3) is 0 Å². The van der Waals surface area contributed by atoms with Crippen molar-refractivity contribution in [1.29, 1.82) is 5.41 Å². The van der Waals surface area contributed by atoms with Gasteiger partial charge in [0.15, 0.2) is 11.7 Å². The maximum Gasteiger partial charge on any atom is 0.172 e. The second-order valence-corrected chi connectivity index (χ2v) is 4.92. The van der Waals surface area contributed by atoms with E-state index in [2.05, 4.69) is 25.3 Å². The van der Waals surface area contributed by atoms with Crippen LogP contribution in [0, 0.1) is 12.3 Å². The maximum atomic E-state index is 8.21. The number of H-pyrrole nitrogens is 1. The summed E-state index contributed by atoms with van der Waals surface area (Å²) in [5.74, 6) is 0.648. The fraction of sp³-hybridized carbons (Fsp3) is 0.0588. The van der Waals surface area contributed by atoms with Crippen LogP contribution in [-0.2, 0) is 0 Å². The number of nitrogens with zero attached hydrogens (tertiary/aromatic N) is 3. The Balaban J connectivity index is 1.93. The molecular formula is C17H16N6. The molecule has 0 saturated heterocycles. The van der Waals surface area contributed by atoms with E-state index in [-0.39, 0.29) is 5.84 Å². The summed E-state index contributed by atoms with van der Waals surface area (Å²) >= 11 is 0. The maximum absolute atomic E-state index is 8.21. The van der Waals surface area contributed by atoms with E-state index >= 15 is 0 Å². The molecule has 0 bridgehead atoms. The van der Waals surface area contributed by atoms with Gasteiger partial charge >= 0.3 is 0 Å². The highest BCUT2D eigenvalue weighted by atomic mass is 15.0. The van der Waals surface area contributed by atoms with Gasteiger partial charge in [-0.05, 0) is 43.3 Å². The fourth-order valence-electron chi connectivity index (χ4n) is 2.05. The highest BCUT2D eigenvalue weighted by molar-refractivity contribution is 6.14. The summed E-state index contributed by atoms with van der Waals surface area (Å²) in [4.78, 5) is 15.8. The van der Waals surface area contributed by atoms with Gasteiger partial charge in [0.2, 0.25) is 0 Å². The summed E-state index contributed by atoms with van der Waals surface area (Å²) in [5, 5.41) is 11.4. The smallest absolute Gasteiger partial charge is 0.172 e. The van der Waals surface area contributed by atoms with Gasteiger partial charge in [-0.2, -0.15) is 0 Å². The number of hydrogen-bond donors (Lipinski definition) is 3. The van der Waals surface area contributed by atoms with Gasteiger partial charge in [0.05, 0.1) is 5.69 Å². The minimum Gasteiger partial charge on any atom is -0.359 e. The third-order valence-corrected chi connectivity index (χ3v) is 3.15. The van der Waals surface area contributed by atoms with Crippen LogP contribution in [0.1, 0.15) is 17.1 Å². The van der Waals surface area contributed by atoms with E-state index in [1.54, 1.807) is 18.5 Å². The first-order valence-corrected chi connectivity index (χ1v) is 7.14. The molecule has 3 aromatic heterocycles. The van der Waals surface area contributed by atoms with Crippen LogP contribution in [0.15, 0.2) is 66.0 Å². The van der Waals surface area contributed by atoms with Gasteiger partial charge in [0.25, 0.3) is 0 Å². The summed E-state index contributed by atoms with van der Waals surface area (Å²) in [5.41, 5.74) is 3.02. The average molecular weight is 304 g/mol. The summed E-state index contributed by atoms with van der Waals surface area (Å²) in [6.45, 7) is 1.89. The number of aryl methyl sites for hydroxylation is 1. The van der Waals surface area contributed by atoms with Gasteiger partial charge < -0.3 is 10.3 Å². The molecule has 6 nitrogen and oxygen atoms in total. The van der Waals surface area contributed by atoms with Crippen LogP contribution < -0.4 is 5.32 Å². The topological polar surface area (TPSA) is 89.8 Å². The molecule has 0 atom stereocenters. The van der Waals surface area contributed by atoms with Gasteiger partial charge in [0.1, 0.15) is 5.69 Å². The van der Waals surface area contributed by atoms with Crippen molar-refractivity contribution in [1.82, 2.24) is 15.0 Å². The molecule has 3 N–H and O–H groups in total. The molecule has 23 heavy (non-hydrogen) atoms. The predicted molar refractivity (Wildman–Crippen MR) is 91.0 cm³/mol. The molecule has 3 rings (SSSR count). The van der Waals surface area contributed by atoms with Crippen LogP contribution in [0.4, 0.5) is 5.69 Å². The second-order valence-electron chi connectivity index (χ2n) is 4.92. The van der Waals surface area contributed by atoms with E-state index in [0.29, 0.717) is 11.5 Å². The first kappa shape index (κ1) is 14.6. The number of aliphatic imine (C=N–C) groups is 1. The van der Waals surface area contributed by atoms with Crippen LogP contribution in [0.3, 0.4) is 0 Å². The molecule has 3 aromatic rings. The van der Waals surface area contributed by atoms with Gasteiger partial charge in [0, 0.05) is 30.0 Å². The second kappa shape index (κ2) is 6.65. The Morgan fingerprint density at radius 2 is 1.96 bits per heavy atom. The van der Waals surface area contributed by atoms with Gasteiger partial charge in [-0.25, -0.2) is 9.98 Å². The molecule has 0 unspecified atom stereocenters.